The molecule has 0 saturated carbocycles. The fourth-order valence-corrected chi connectivity index (χ4v) is 4.92. The largest absolute Gasteiger partial charge is 0.337 e. The summed E-state index contributed by atoms with van der Waals surface area (Å²) in [5.74, 6) is -3.91. The number of hydrogen-bond donors (Lipinski definition) is 0. The SMILES string of the molecule is C=CC(=O)N1CC2(CCN(C(=O)c3ccc(Br)cc3-c3ccccc3Cl)CC2(F)F)C1. The second-order valence-corrected chi connectivity index (χ2v) is 9.35. The fraction of sp³-hybridized carbons (Fsp3) is 0.304. The maximum Gasteiger partial charge on any atom is 0.274 e. The quantitative estimate of drug-likeness (QED) is 0.529. The van der Waals surface area contributed by atoms with Crippen molar-refractivity contribution < 1.29 is 18.4 Å². The van der Waals surface area contributed by atoms with Crippen molar-refractivity contribution in [3.8, 4) is 11.1 Å². The number of amides is 2. The Hall–Kier alpha value is -2.25. The van der Waals surface area contributed by atoms with Gasteiger partial charge in [0.1, 0.15) is 0 Å². The van der Waals surface area contributed by atoms with Gasteiger partial charge in [-0.05, 0) is 42.3 Å². The van der Waals surface area contributed by atoms with Crippen LogP contribution < -0.4 is 0 Å². The van der Waals surface area contributed by atoms with E-state index in [0.717, 1.165) is 10.5 Å². The number of nitrogens with zero attached hydrogens (tertiary/aromatic N) is 2. The molecule has 0 unspecified atom stereocenters. The first-order valence-electron chi connectivity index (χ1n) is 9.80. The summed E-state index contributed by atoms with van der Waals surface area (Å²) in [6.45, 7) is 2.88. The third-order valence-electron chi connectivity index (χ3n) is 6.16. The molecule has 0 aliphatic carbocycles. The van der Waals surface area contributed by atoms with Crippen molar-refractivity contribution >= 4 is 39.3 Å². The molecule has 162 valence electrons. The van der Waals surface area contributed by atoms with Crippen molar-refractivity contribution in [2.45, 2.75) is 12.3 Å². The summed E-state index contributed by atoms with van der Waals surface area (Å²) in [5, 5.41) is 0.471. The Morgan fingerprint density at radius 1 is 1.06 bits per heavy atom. The molecular formula is C23H20BrClF2N2O2. The lowest BCUT2D eigenvalue weighted by molar-refractivity contribution is -0.217. The van der Waals surface area contributed by atoms with Gasteiger partial charge in [-0.3, -0.25) is 9.59 Å². The van der Waals surface area contributed by atoms with Crippen molar-refractivity contribution in [3.05, 3.63) is 70.2 Å². The Morgan fingerprint density at radius 2 is 1.77 bits per heavy atom. The Balaban J connectivity index is 1.59. The van der Waals surface area contributed by atoms with Crippen LogP contribution in [0.15, 0.2) is 59.6 Å². The molecule has 2 aromatic carbocycles. The topological polar surface area (TPSA) is 40.6 Å². The summed E-state index contributed by atoms with van der Waals surface area (Å²) in [6.07, 6.45) is 1.26. The average molecular weight is 510 g/mol. The van der Waals surface area contributed by atoms with E-state index in [1.165, 1.54) is 9.80 Å². The predicted octanol–water partition coefficient (Wildman–Crippen LogP) is 5.27. The van der Waals surface area contributed by atoms with Gasteiger partial charge in [-0.15, -0.1) is 0 Å². The highest BCUT2D eigenvalue weighted by Crippen LogP contribution is 2.50. The highest BCUT2D eigenvalue weighted by atomic mass is 79.9. The minimum atomic E-state index is -3.10. The van der Waals surface area contributed by atoms with Gasteiger partial charge in [0.15, 0.2) is 0 Å². The van der Waals surface area contributed by atoms with E-state index in [1.54, 1.807) is 36.4 Å². The van der Waals surface area contributed by atoms with Crippen LogP contribution in [0, 0.1) is 5.41 Å². The van der Waals surface area contributed by atoms with Gasteiger partial charge < -0.3 is 9.80 Å². The van der Waals surface area contributed by atoms with E-state index in [2.05, 4.69) is 22.5 Å². The Kier molecular flexibility index (Phi) is 5.68. The molecule has 8 heteroatoms. The van der Waals surface area contributed by atoms with Crippen LogP contribution in [0.3, 0.4) is 0 Å². The zero-order valence-electron chi connectivity index (χ0n) is 16.6. The number of hydrogen-bond acceptors (Lipinski definition) is 2. The number of alkyl halides is 2. The highest BCUT2D eigenvalue weighted by molar-refractivity contribution is 9.10. The Bertz CT molecular complexity index is 1070. The lowest BCUT2D eigenvalue weighted by atomic mass is 9.69. The number of rotatable bonds is 3. The van der Waals surface area contributed by atoms with Crippen molar-refractivity contribution in [3.63, 3.8) is 0 Å². The van der Waals surface area contributed by atoms with E-state index in [-0.39, 0.29) is 32.0 Å². The van der Waals surface area contributed by atoms with Crippen LogP contribution in [0.1, 0.15) is 16.8 Å². The molecule has 0 bridgehead atoms. The van der Waals surface area contributed by atoms with E-state index in [4.69, 9.17) is 11.6 Å². The molecule has 1 spiro atoms. The number of piperidine rings is 1. The van der Waals surface area contributed by atoms with E-state index < -0.39 is 23.8 Å². The molecule has 2 aliphatic heterocycles. The minimum Gasteiger partial charge on any atom is -0.337 e. The molecule has 2 amide bonds. The van der Waals surface area contributed by atoms with Crippen molar-refractivity contribution in [2.24, 2.45) is 5.41 Å². The second-order valence-electron chi connectivity index (χ2n) is 8.03. The summed E-state index contributed by atoms with van der Waals surface area (Å²) in [4.78, 5) is 27.6. The molecule has 2 aromatic rings. The smallest absolute Gasteiger partial charge is 0.274 e. The molecule has 4 rings (SSSR count). The van der Waals surface area contributed by atoms with Gasteiger partial charge in [0.05, 0.1) is 12.0 Å². The van der Waals surface area contributed by atoms with Crippen LogP contribution in [-0.2, 0) is 4.79 Å². The number of halogens is 4. The first-order chi connectivity index (χ1) is 14.7. The van der Waals surface area contributed by atoms with Crippen LogP contribution in [0.25, 0.3) is 11.1 Å². The molecule has 0 aromatic heterocycles. The van der Waals surface area contributed by atoms with Crippen LogP contribution in [0.4, 0.5) is 8.78 Å². The number of benzene rings is 2. The van der Waals surface area contributed by atoms with Crippen LogP contribution in [-0.4, -0.2) is 53.7 Å². The van der Waals surface area contributed by atoms with E-state index in [9.17, 15) is 9.59 Å². The third kappa shape index (κ3) is 3.78. The molecule has 2 aliphatic rings. The highest BCUT2D eigenvalue weighted by Gasteiger charge is 2.63. The molecule has 4 nitrogen and oxygen atoms in total. The molecule has 31 heavy (non-hydrogen) atoms. The molecular weight excluding hydrogens is 490 g/mol. The molecule has 2 fully saturated rings. The van der Waals surface area contributed by atoms with Gasteiger partial charge in [-0.2, -0.15) is 0 Å². The van der Waals surface area contributed by atoms with Gasteiger partial charge in [-0.25, -0.2) is 8.78 Å². The predicted molar refractivity (Wildman–Crippen MR) is 119 cm³/mol. The lowest BCUT2D eigenvalue weighted by Crippen LogP contribution is -2.71. The summed E-state index contributed by atoms with van der Waals surface area (Å²) in [6, 6.07) is 12.2. The van der Waals surface area contributed by atoms with Crippen molar-refractivity contribution in [1.82, 2.24) is 9.80 Å². The van der Waals surface area contributed by atoms with Gasteiger partial charge >= 0.3 is 0 Å². The van der Waals surface area contributed by atoms with E-state index >= 15 is 8.78 Å². The van der Waals surface area contributed by atoms with Gasteiger partial charge in [-0.1, -0.05) is 52.3 Å². The third-order valence-corrected chi connectivity index (χ3v) is 6.99. The Morgan fingerprint density at radius 3 is 2.42 bits per heavy atom. The normalized spacial score (nSPS) is 19.1. The van der Waals surface area contributed by atoms with Crippen LogP contribution in [0.5, 0.6) is 0 Å². The fourth-order valence-electron chi connectivity index (χ4n) is 4.33. The van der Waals surface area contributed by atoms with Gasteiger partial charge in [0.2, 0.25) is 5.91 Å². The number of carbonyl (C=O) groups is 2. The van der Waals surface area contributed by atoms with Crippen molar-refractivity contribution in [2.75, 3.05) is 26.2 Å². The second kappa shape index (κ2) is 8.02. The first-order valence-corrected chi connectivity index (χ1v) is 11.0. The molecule has 2 heterocycles. The molecule has 0 atom stereocenters. The minimum absolute atomic E-state index is 0.0178. The van der Waals surface area contributed by atoms with Gasteiger partial charge in [0.25, 0.3) is 11.8 Å². The van der Waals surface area contributed by atoms with Crippen LogP contribution in [0.2, 0.25) is 5.02 Å². The maximum atomic E-state index is 15.1. The standard InChI is InChI=1S/C23H20BrClF2N2O2/c1-2-20(30)29-12-22(13-29)9-10-28(14-23(22,26)27)21(31)17-8-7-15(24)11-18(17)16-5-3-4-6-19(16)25/h2-8,11H,1,9-10,12-14H2. The number of carbonyl (C=O) groups excluding carboxylic acids is 2. The van der Waals surface area contributed by atoms with Crippen molar-refractivity contribution in [1.29, 1.82) is 0 Å². The zero-order valence-corrected chi connectivity index (χ0v) is 18.9. The van der Waals surface area contributed by atoms with Crippen LogP contribution >= 0.6 is 27.5 Å². The van der Waals surface area contributed by atoms with Gasteiger partial charge in [0, 0.05) is 40.3 Å². The number of likely N-dealkylation sites (tertiary alicyclic amines) is 2. The summed E-state index contributed by atoms with van der Waals surface area (Å²) < 4.78 is 31.0. The average Bonchev–Trinajstić information content (AvgIpc) is 2.71. The summed E-state index contributed by atoms with van der Waals surface area (Å²) in [7, 11) is 0. The Labute approximate surface area is 192 Å². The molecule has 0 radical (unpaired) electrons. The summed E-state index contributed by atoms with van der Waals surface area (Å²) in [5.41, 5.74) is 0.278. The summed E-state index contributed by atoms with van der Waals surface area (Å²) >= 11 is 9.74. The first kappa shape index (κ1) is 22.0. The molecule has 2 saturated heterocycles. The zero-order chi connectivity index (χ0) is 22.4. The lowest BCUT2D eigenvalue weighted by Gasteiger charge is -2.57. The maximum absolute atomic E-state index is 15.1. The molecule has 0 N–H and O–H groups in total. The van der Waals surface area contributed by atoms with E-state index in [0.29, 0.717) is 21.7 Å². The van der Waals surface area contributed by atoms with E-state index in [1.807, 2.05) is 6.07 Å². The monoisotopic (exact) mass is 508 g/mol.